The van der Waals surface area contributed by atoms with Crippen molar-refractivity contribution in [3.05, 3.63) is 11.9 Å². The first-order valence-corrected chi connectivity index (χ1v) is 7.17. The Bertz CT molecular complexity index is 428. The third-order valence-corrected chi connectivity index (χ3v) is 3.65. The minimum Gasteiger partial charge on any atom is -0.383 e. The summed E-state index contributed by atoms with van der Waals surface area (Å²) in [5, 5.41) is 11.5. The summed E-state index contributed by atoms with van der Waals surface area (Å²) in [6.07, 6.45) is 3.82. The number of hydrogen-bond donors (Lipinski definition) is 1. The predicted octanol–water partition coefficient (Wildman–Crippen LogP) is 0.311. The summed E-state index contributed by atoms with van der Waals surface area (Å²) in [5.74, 6) is -0.0789. The van der Waals surface area contributed by atoms with Crippen LogP contribution in [-0.2, 0) is 4.74 Å². The molecule has 1 saturated heterocycles. The maximum atomic E-state index is 12.3. The van der Waals surface area contributed by atoms with Gasteiger partial charge in [0.05, 0.1) is 18.8 Å². The van der Waals surface area contributed by atoms with Crippen LogP contribution in [0.4, 0.5) is 0 Å². The van der Waals surface area contributed by atoms with Crippen molar-refractivity contribution in [2.75, 3.05) is 39.9 Å². The van der Waals surface area contributed by atoms with Crippen LogP contribution in [0.2, 0.25) is 0 Å². The number of piperidine rings is 1. The molecule has 1 fully saturated rings. The summed E-state index contributed by atoms with van der Waals surface area (Å²) in [6.45, 7) is 5.67. The van der Waals surface area contributed by atoms with Gasteiger partial charge in [0.25, 0.3) is 5.91 Å². The van der Waals surface area contributed by atoms with Crippen molar-refractivity contribution in [3.8, 4) is 0 Å². The number of aromatic nitrogens is 3. The average molecular weight is 281 g/mol. The van der Waals surface area contributed by atoms with E-state index in [-0.39, 0.29) is 5.91 Å². The van der Waals surface area contributed by atoms with Gasteiger partial charge in [-0.2, -0.15) is 0 Å². The maximum Gasteiger partial charge on any atom is 0.276 e. The second-order valence-corrected chi connectivity index (χ2v) is 4.94. The molecule has 0 aliphatic carbocycles. The molecule has 0 bridgehead atoms. The van der Waals surface area contributed by atoms with E-state index in [4.69, 9.17) is 4.74 Å². The fourth-order valence-electron chi connectivity index (χ4n) is 2.39. The molecule has 1 N–H and O–H groups in total. The molecule has 1 aliphatic heterocycles. The zero-order chi connectivity index (χ0) is 14.4. The molecule has 2 rings (SSSR count). The molecule has 1 aromatic rings. The molecular weight excluding hydrogens is 258 g/mol. The molecule has 0 saturated carbocycles. The number of carbonyl (C=O) groups excluding carboxylic acids is 1. The van der Waals surface area contributed by atoms with Crippen molar-refractivity contribution in [1.29, 1.82) is 0 Å². The topological polar surface area (TPSA) is 72.3 Å². The molecule has 1 amide bonds. The van der Waals surface area contributed by atoms with E-state index in [0.717, 1.165) is 25.9 Å². The van der Waals surface area contributed by atoms with E-state index in [9.17, 15) is 4.79 Å². The molecule has 0 unspecified atom stereocenters. The number of likely N-dealkylation sites (N-methyl/N-ethyl adjacent to an activating group) is 1. The van der Waals surface area contributed by atoms with Gasteiger partial charge in [0.15, 0.2) is 5.69 Å². The number of rotatable bonds is 6. The molecule has 1 aromatic heterocycles. The van der Waals surface area contributed by atoms with Crippen LogP contribution in [0.3, 0.4) is 0 Å². The fraction of sp³-hybridized carbons (Fsp3) is 0.769. The quantitative estimate of drug-likeness (QED) is 0.812. The molecule has 0 aromatic carbocycles. The lowest BCUT2D eigenvalue weighted by atomic mass is 10.1. The SMILES string of the molecule is CCN(CCOC)C(=O)c1cn(C2CCNCC2)nn1. The molecule has 112 valence electrons. The Kier molecular flexibility index (Phi) is 5.49. The van der Waals surface area contributed by atoms with Gasteiger partial charge in [-0.1, -0.05) is 5.21 Å². The fourth-order valence-corrected chi connectivity index (χ4v) is 2.39. The second kappa shape index (κ2) is 7.35. The number of nitrogens with one attached hydrogen (secondary N) is 1. The highest BCUT2D eigenvalue weighted by Crippen LogP contribution is 2.17. The highest BCUT2D eigenvalue weighted by molar-refractivity contribution is 5.91. The Morgan fingerprint density at radius 1 is 1.55 bits per heavy atom. The first-order valence-electron chi connectivity index (χ1n) is 7.17. The van der Waals surface area contributed by atoms with Gasteiger partial charge in [0, 0.05) is 20.2 Å². The van der Waals surface area contributed by atoms with Crippen molar-refractivity contribution < 1.29 is 9.53 Å². The molecule has 0 radical (unpaired) electrons. The second-order valence-electron chi connectivity index (χ2n) is 4.94. The van der Waals surface area contributed by atoms with Crippen LogP contribution in [-0.4, -0.2) is 65.7 Å². The number of nitrogens with zero attached hydrogens (tertiary/aromatic N) is 4. The minimum atomic E-state index is -0.0789. The summed E-state index contributed by atoms with van der Waals surface area (Å²) in [6, 6.07) is 0.347. The summed E-state index contributed by atoms with van der Waals surface area (Å²) in [4.78, 5) is 14.0. The summed E-state index contributed by atoms with van der Waals surface area (Å²) in [5.41, 5.74) is 0.418. The van der Waals surface area contributed by atoms with Gasteiger partial charge in [0.2, 0.25) is 0 Å². The van der Waals surface area contributed by atoms with Crippen molar-refractivity contribution in [2.45, 2.75) is 25.8 Å². The smallest absolute Gasteiger partial charge is 0.276 e. The van der Waals surface area contributed by atoms with E-state index < -0.39 is 0 Å². The molecular formula is C13H23N5O2. The first-order chi connectivity index (χ1) is 9.76. The molecule has 0 atom stereocenters. The number of methoxy groups -OCH3 is 1. The number of ether oxygens (including phenoxy) is 1. The maximum absolute atomic E-state index is 12.3. The Morgan fingerprint density at radius 3 is 2.95 bits per heavy atom. The Hall–Kier alpha value is -1.47. The molecule has 0 spiro atoms. The minimum absolute atomic E-state index is 0.0789. The van der Waals surface area contributed by atoms with Crippen LogP contribution < -0.4 is 5.32 Å². The molecule has 2 heterocycles. The third-order valence-electron chi connectivity index (χ3n) is 3.65. The lowest BCUT2D eigenvalue weighted by molar-refractivity contribution is 0.0700. The van der Waals surface area contributed by atoms with Crippen molar-refractivity contribution >= 4 is 5.91 Å². The van der Waals surface area contributed by atoms with Gasteiger partial charge < -0.3 is 15.0 Å². The number of carbonyl (C=O) groups is 1. The van der Waals surface area contributed by atoms with E-state index in [1.807, 2.05) is 11.6 Å². The lowest BCUT2D eigenvalue weighted by Crippen LogP contribution is -2.34. The van der Waals surface area contributed by atoms with E-state index in [0.29, 0.717) is 31.4 Å². The number of hydrogen-bond acceptors (Lipinski definition) is 5. The number of amides is 1. The largest absolute Gasteiger partial charge is 0.383 e. The van der Waals surface area contributed by atoms with E-state index in [1.54, 1.807) is 18.2 Å². The van der Waals surface area contributed by atoms with Crippen molar-refractivity contribution in [1.82, 2.24) is 25.2 Å². The van der Waals surface area contributed by atoms with E-state index in [1.165, 1.54) is 0 Å². The van der Waals surface area contributed by atoms with Gasteiger partial charge in [-0.25, -0.2) is 4.68 Å². The highest BCUT2D eigenvalue weighted by Gasteiger charge is 2.21. The van der Waals surface area contributed by atoms with Crippen LogP contribution in [0.1, 0.15) is 36.3 Å². The average Bonchev–Trinajstić information content (AvgIpc) is 2.98. The van der Waals surface area contributed by atoms with Gasteiger partial charge in [0.1, 0.15) is 0 Å². The third kappa shape index (κ3) is 3.55. The standard InChI is InChI=1S/C13H23N5O2/c1-3-17(8-9-20-2)13(19)12-10-18(16-15-12)11-4-6-14-7-5-11/h10-11,14H,3-9H2,1-2H3. The summed E-state index contributed by atoms with van der Waals surface area (Å²) < 4.78 is 6.85. The lowest BCUT2D eigenvalue weighted by Gasteiger charge is -2.22. The monoisotopic (exact) mass is 281 g/mol. The van der Waals surface area contributed by atoms with Crippen LogP contribution in [0, 0.1) is 0 Å². The zero-order valence-electron chi connectivity index (χ0n) is 12.2. The van der Waals surface area contributed by atoms with Gasteiger partial charge in [-0.15, -0.1) is 5.10 Å². The molecule has 7 nitrogen and oxygen atoms in total. The molecule has 1 aliphatic rings. The summed E-state index contributed by atoms with van der Waals surface area (Å²) in [7, 11) is 1.63. The molecule has 20 heavy (non-hydrogen) atoms. The van der Waals surface area contributed by atoms with Crippen molar-refractivity contribution in [3.63, 3.8) is 0 Å². The van der Waals surface area contributed by atoms with Gasteiger partial charge in [-0.3, -0.25) is 4.79 Å². The van der Waals surface area contributed by atoms with Crippen LogP contribution in [0.5, 0.6) is 0 Å². The highest BCUT2D eigenvalue weighted by atomic mass is 16.5. The van der Waals surface area contributed by atoms with Crippen molar-refractivity contribution in [2.24, 2.45) is 0 Å². The zero-order valence-corrected chi connectivity index (χ0v) is 12.2. The Balaban J connectivity index is 2.01. The van der Waals surface area contributed by atoms with Crippen LogP contribution in [0.25, 0.3) is 0 Å². The Morgan fingerprint density at radius 2 is 2.30 bits per heavy atom. The van der Waals surface area contributed by atoms with E-state index >= 15 is 0 Å². The van der Waals surface area contributed by atoms with Crippen LogP contribution in [0.15, 0.2) is 6.20 Å². The van der Waals surface area contributed by atoms with Gasteiger partial charge in [-0.05, 0) is 32.9 Å². The summed E-state index contributed by atoms with van der Waals surface area (Å²) >= 11 is 0. The van der Waals surface area contributed by atoms with E-state index in [2.05, 4.69) is 15.6 Å². The normalized spacial score (nSPS) is 16.3. The Labute approximate surface area is 119 Å². The first kappa shape index (κ1) is 14.9. The van der Waals surface area contributed by atoms with Crippen LogP contribution >= 0.6 is 0 Å². The van der Waals surface area contributed by atoms with Gasteiger partial charge >= 0.3 is 0 Å². The predicted molar refractivity (Wildman–Crippen MR) is 74.6 cm³/mol. The molecule has 7 heteroatoms.